The molecule has 0 unspecified atom stereocenters. The maximum Gasteiger partial charge on any atom is 0.253 e. The van der Waals surface area contributed by atoms with Crippen LogP contribution in [0.25, 0.3) is 0 Å². The van der Waals surface area contributed by atoms with Crippen molar-refractivity contribution < 1.29 is 14.4 Å². The fraction of sp³-hybridized carbons (Fsp3) is 0.583. The van der Waals surface area contributed by atoms with Crippen molar-refractivity contribution in [2.45, 2.75) is 6.42 Å². The van der Waals surface area contributed by atoms with Crippen LogP contribution < -0.4 is 0 Å². The molecule has 1 fully saturated rings. The third-order valence-electron chi connectivity index (χ3n) is 3.31. The van der Waals surface area contributed by atoms with Crippen LogP contribution in [0.2, 0.25) is 0 Å². The Bertz CT molecular complexity index is 379. The van der Waals surface area contributed by atoms with Gasteiger partial charge in [-0.15, -0.1) is 0 Å². The third-order valence-corrected chi connectivity index (χ3v) is 3.31. The lowest BCUT2D eigenvalue weighted by atomic mass is 10.2. The summed E-state index contributed by atoms with van der Waals surface area (Å²) in [6, 6.07) is 0. The number of nitrogens with zero attached hydrogens (tertiary/aromatic N) is 3. The summed E-state index contributed by atoms with van der Waals surface area (Å²) >= 11 is 0. The van der Waals surface area contributed by atoms with Crippen molar-refractivity contribution in [3.05, 3.63) is 12.2 Å². The summed E-state index contributed by atoms with van der Waals surface area (Å²) in [5.41, 5.74) is 0. The largest absolute Gasteiger partial charge is 0.340 e. The van der Waals surface area contributed by atoms with Gasteiger partial charge in [0.2, 0.25) is 5.91 Å². The van der Waals surface area contributed by atoms with Crippen LogP contribution in [0.5, 0.6) is 0 Å². The van der Waals surface area contributed by atoms with Crippen molar-refractivity contribution in [1.82, 2.24) is 14.7 Å². The van der Waals surface area contributed by atoms with E-state index < -0.39 is 0 Å². The molecule has 0 radical (unpaired) electrons. The number of hydrogen-bond acceptors (Lipinski definition) is 4. The van der Waals surface area contributed by atoms with E-state index in [0.717, 1.165) is 31.1 Å². The molecule has 0 spiro atoms. The average Bonchev–Trinajstić information content (AvgIpc) is 2.67. The fourth-order valence-corrected chi connectivity index (χ4v) is 2.07. The molecule has 0 aromatic rings. The summed E-state index contributed by atoms with van der Waals surface area (Å²) in [6.45, 7) is 3.35. The maximum absolute atomic E-state index is 11.9. The first-order chi connectivity index (χ1) is 8.58. The lowest BCUT2D eigenvalue weighted by Crippen LogP contribution is -2.48. The SMILES string of the molecule is CN1CCN(C(=O)CCN2C(=O)C=CC2=O)CC1. The molecule has 1 saturated heterocycles. The summed E-state index contributed by atoms with van der Waals surface area (Å²) < 4.78 is 0. The van der Waals surface area contributed by atoms with E-state index in [1.165, 1.54) is 12.2 Å². The number of amides is 3. The summed E-state index contributed by atoms with van der Waals surface area (Å²) in [4.78, 5) is 39.6. The summed E-state index contributed by atoms with van der Waals surface area (Å²) in [5.74, 6) is -0.645. The number of hydrogen-bond donors (Lipinski definition) is 0. The van der Waals surface area contributed by atoms with Crippen molar-refractivity contribution in [3.63, 3.8) is 0 Å². The van der Waals surface area contributed by atoms with Gasteiger partial charge in [-0.05, 0) is 7.05 Å². The van der Waals surface area contributed by atoms with E-state index in [9.17, 15) is 14.4 Å². The molecule has 98 valence electrons. The average molecular weight is 251 g/mol. The minimum absolute atomic E-state index is 0.00981. The zero-order chi connectivity index (χ0) is 13.1. The molecule has 0 saturated carbocycles. The number of piperazine rings is 1. The quantitative estimate of drug-likeness (QED) is 0.608. The summed E-state index contributed by atoms with van der Waals surface area (Å²) in [7, 11) is 2.02. The molecule has 0 aromatic carbocycles. The van der Waals surface area contributed by atoms with Gasteiger partial charge < -0.3 is 9.80 Å². The van der Waals surface area contributed by atoms with Crippen molar-refractivity contribution in [3.8, 4) is 0 Å². The smallest absolute Gasteiger partial charge is 0.253 e. The highest BCUT2D eigenvalue weighted by molar-refractivity contribution is 6.13. The molecule has 2 rings (SSSR count). The van der Waals surface area contributed by atoms with Gasteiger partial charge in [0.25, 0.3) is 11.8 Å². The van der Waals surface area contributed by atoms with E-state index >= 15 is 0 Å². The second-order valence-electron chi connectivity index (χ2n) is 4.60. The third kappa shape index (κ3) is 2.76. The maximum atomic E-state index is 11.9. The van der Waals surface area contributed by atoms with Crippen LogP contribution in [0, 0.1) is 0 Å². The monoisotopic (exact) mass is 251 g/mol. The van der Waals surface area contributed by atoms with Gasteiger partial charge >= 0.3 is 0 Å². The summed E-state index contributed by atoms with van der Waals surface area (Å²) in [5, 5.41) is 0. The second-order valence-corrected chi connectivity index (χ2v) is 4.60. The van der Waals surface area contributed by atoms with Crippen LogP contribution in [-0.2, 0) is 14.4 Å². The molecule has 2 aliphatic rings. The zero-order valence-electron chi connectivity index (χ0n) is 10.5. The molecule has 18 heavy (non-hydrogen) atoms. The van der Waals surface area contributed by atoms with Gasteiger partial charge in [-0.25, -0.2) is 0 Å². The molecule has 0 atom stereocenters. The van der Waals surface area contributed by atoms with E-state index in [1.54, 1.807) is 4.90 Å². The van der Waals surface area contributed by atoms with Crippen LogP contribution in [-0.4, -0.2) is 72.2 Å². The standard InChI is InChI=1S/C12H17N3O3/c1-13-6-8-14(9-7-13)10(16)4-5-15-11(17)2-3-12(15)18/h2-3H,4-9H2,1H3. The molecular weight excluding hydrogens is 234 g/mol. The van der Waals surface area contributed by atoms with Crippen molar-refractivity contribution >= 4 is 17.7 Å². The van der Waals surface area contributed by atoms with E-state index in [1.807, 2.05) is 7.05 Å². The van der Waals surface area contributed by atoms with Gasteiger partial charge in [-0.3, -0.25) is 19.3 Å². The molecule has 0 aliphatic carbocycles. The lowest BCUT2D eigenvalue weighted by molar-refractivity contribution is -0.138. The molecule has 6 heteroatoms. The van der Waals surface area contributed by atoms with E-state index in [4.69, 9.17) is 0 Å². The van der Waals surface area contributed by atoms with Gasteiger partial charge in [0.15, 0.2) is 0 Å². The van der Waals surface area contributed by atoms with E-state index in [2.05, 4.69) is 4.90 Å². The first-order valence-electron chi connectivity index (χ1n) is 6.08. The molecular formula is C12H17N3O3. The zero-order valence-corrected chi connectivity index (χ0v) is 10.5. The molecule has 0 bridgehead atoms. The molecule has 2 aliphatic heterocycles. The Morgan fingerprint density at radius 1 is 1.11 bits per heavy atom. The molecule has 3 amide bonds. The Kier molecular flexibility index (Phi) is 3.76. The Hall–Kier alpha value is -1.69. The Balaban J connectivity index is 1.78. The topological polar surface area (TPSA) is 60.9 Å². The van der Waals surface area contributed by atoms with Gasteiger partial charge in [0.05, 0.1) is 0 Å². The molecule has 0 N–H and O–H groups in total. The number of rotatable bonds is 3. The van der Waals surface area contributed by atoms with Gasteiger partial charge in [-0.1, -0.05) is 0 Å². The minimum atomic E-state index is -0.328. The van der Waals surface area contributed by atoms with Gasteiger partial charge in [-0.2, -0.15) is 0 Å². The highest BCUT2D eigenvalue weighted by Gasteiger charge is 2.25. The van der Waals surface area contributed by atoms with Crippen molar-refractivity contribution in [1.29, 1.82) is 0 Å². The van der Waals surface area contributed by atoms with E-state index in [-0.39, 0.29) is 30.7 Å². The predicted molar refractivity (Wildman–Crippen MR) is 64.6 cm³/mol. The van der Waals surface area contributed by atoms with E-state index in [0.29, 0.717) is 0 Å². The van der Waals surface area contributed by atoms with Crippen molar-refractivity contribution in [2.75, 3.05) is 39.8 Å². The molecule has 6 nitrogen and oxygen atoms in total. The normalized spacial score (nSPS) is 20.9. The van der Waals surface area contributed by atoms with Crippen LogP contribution in [0.15, 0.2) is 12.2 Å². The number of imide groups is 1. The van der Waals surface area contributed by atoms with Crippen LogP contribution in [0.3, 0.4) is 0 Å². The molecule has 0 aromatic heterocycles. The van der Waals surface area contributed by atoms with Crippen LogP contribution in [0.4, 0.5) is 0 Å². The van der Waals surface area contributed by atoms with Gasteiger partial charge in [0, 0.05) is 51.3 Å². The Morgan fingerprint density at radius 2 is 1.67 bits per heavy atom. The predicted octanol–water partition coefficient (Wildman–Crippen LogP) is -0.924. The minimum Gasteiger partial charge on any atom is -0.340 e. The summed E-state index contributed by atoms with van der Waals surface area (Å²) in [6.07, 6.45) is 2.69. The highest BCUT2D eigenvalue weighted by Crippen LogP contribution is 2.07. The van der Waals surface area contributed by atoms with Crippen molar-refractivity contribution in [2.24, 2.45) is 0 Å². The fourth-order valence-electron chi connectivity index (χ4n) is 2.07. The first-order valence-corrected chi connectivity index (χ1v) is 6.08. The number of carbonyl (C=O) groups is 3. The van der Waals surface area contributed by atoms with Crippen LogP contribution >= 0.6 is 0 Å². The number of carbonyl (C=O) groups excluding carboxylic acids is 3. The Labute approximate surface area is 106 Å². The first kappa shape index (κ1) is 12.8. The highest BCUT2D eigenvalue weighted by atomic mass is 16.2. The second kappa shape index (κ2) is 5.30. The number of likely N-dealkylation sites (N-methyl/N-ethyl adjacent to an activating group) is 1. The molecule has 2 heterocycles. The lowest BCUT2D eigenvalue weighted by Gasteiger charge is -2.32. The Morgan fingerprint density at radius 3 is 2.22 bits per heavy atom. The van der Waals surface area contributed by atoms with Crippen LogP contribution in [0.1, 0.15) is 6.42 Å². The van der Waals surface area contributed by atoms with Gasteiger partial charge in [0.1, 0.15) is 0 Å².